The van der Waals surface area contributed by atoms with Crippen molar-refractivity contribution in [3.63, 3.8) is 0 Å². The zero-order valence-corrected chi connectivity index (χ0v) is 12.4. The van der Waals surface area contributed by atoms with Crippen molar-refractivity contribution < 1.29 is 14.3 Å². The normalized spacial score (nSPS) is 21.2. The molecule has 1 aromatic rings. The van der Waals surface area contributed by atoms with Crippen LogP contribution in [-0.2, 0) is 9.53 Å². The maximum atomic E-state index is 12.2. The van der Waals surface area contributed by atoms with Gasteiger partial charge in [-0.1, -0.05) is 6.42 Å². The van der Waals surface area contributed by atoms with Crippen LogP contribution in [0.5, 0.6) is 5.88 Å². The molecule has 1 heterocycles. The highest BCUT2D eigenvalue weighted by atomic mass is 16.5. The largest absolute Gasteiger partial charge is 0.475 e. The van der Waals surface area contributed by atoms with Gasteiger partial charge in [0.15, 0.2) is 0 Å². The van der Waals surface area contributed by atoms with Gasteiger partial charge in [-0.2, -0.15) is 0 Å². The average Bonchev–Trinajstić information content (AvgIpc) is 2.98. The first-order chi connectivity index (χ1) is 10.2. The van der Waals surface area contributed by atoms with Crippen molar-refractivity contribution in [2.45, 2.75) is 19.3 Å². The molecule has 3 N–H and O–H groups in total. The van der Waals surface area contributed by atoms with Gasteiger partial charge in [0, 0.05) is 19.1 Å². The van der Waals surface area contributed by atoms with Crippen LogP contribution in [0.4, 0.5) is 5.69 Å². The van der Waals surface area contributed by atoms with E-state index in [0.717, 1.165) is 19.3 Å². The first-order valence-electron chi connectivity index (χ1n) is 7.33. The molecule has 0 bridgehead atoms. The minimum atomic E-state index is 0.0210. The second-order valence-electron chi connectivity index (χ2n) is 5.25. The van der Waals surface area contributed by atoms with Gasteiger partial charge >= 0.3 is 0 Å². The van der Waals surface area contributed by atoms with E-state index in [1.807, 2.05) is 0 Å². The van der Waals surface area contributed by atoms with Crippen molar-refractivity contribution in [1.82, 2.24) is 4.98 Å². The van der Waals surface area contributed by atoms with Crippen LogP contribution >= 0.6 is 0 Å². The van der Waals surface area contributed by atoms with Gasteiger partial charge in [0.25, 0.3) is 0 Å². The summed E-state index contributed by atoms with van der Waals surface area (Å²) in [6.07, 6.45) is 4.63. The molecule has 0 saturated heterocycles. The first kappa shape index (κ1) is 15.7. The molecule has 6 heteroatoms. The number of hydrogen-bond acceptors (Lipinski definition) is 5. The molecule has 6 nitrogen and oxygen atoms in total. The Bertz CT molecular complexity index is 450. The van der Waals surface area contributed by atoms with Crippen LogP contribution in [0.2, 0.25) is 0 Å². The van der Waals surface area contributed by atoms with E-state index in [2.05, 4.69) is 10.3 Å². The molecular formula is C15H23N3O3. The summed E-state index contributed by atoms with van der Waals surface area (Å²) in [5, 5.41) is 2.91. The Hall–Kier alpha value is -1.66. The molecule has 1 fully saturated rings. The maximum absolute atomic E-state index is 12.2. The Morgan fingerprint density at radius 1 is 1.43 bits per heavy atom. The second kappa shape index (κ2) is 7.95. The monoisotopic (exact) mass is 293 g/mol. The van der Waals surface area contributed by atoms with Crippen molar-refractivity contribution in [2.24, 2.45) is 17.6 Å². The third-order valence-electron chi connectivity index (χ3n) is 3.84. The minimum Gasteiger partial charge on any atom is -0.475 e. The predicted molar refractivity (Wildman–Crippen MR) is 80.1 cm³/mol. The summed E-state index contributed by atoms with van der Waals surface area (Å²) in [6.45, 7) is 1.54. The third-order valence-corrected chi connectivity index (χ3v) is 3.84. The van der Waals surface area contributed by atoms with Crippen LogP contribution in [-0.4, -0.2) is 37.8 Å². The average molecular weight is 293 g/mol. The van der Waals surface area contributed by atoms with Gasteiger partial charge in [0.1, 0.15) is 6.61 Å². The lowest BCUT2D eigenvalue weighted by Gasteiger charge is -2.17. The molecule has 1 amide bonds. The van der Waals surface area contributed by atoms with Crippen LogP contribution in [0.3, 0.4) is 0 Å². The number of hydrogen-bond donors (Lipinski definition) is 2. The number of nitrogens with two attached hydrogens (primary N) is 1. The highest BCUT2D eigenvalue weighted by Crippen LogP contribution is 2.31. The number of methoxy groups -OCH3 is 1. The number of amides is 1. The number of anilines is 1. The molecule has 1 saturated carbocycles. The molecular weight excluding hydrogens is 270 g/mol. The number of aromatic nitrogens is 1. The number of nitrogens with one attached hydrogen (secondary N) is 1. The van der Waals surface area contributed by atoms with Gasteiger partial charge in [-0.3, -0.25) is 4.79 Å². The molecule has 1 aliphatic carbocycles. The van der Waals surface area contributed by atoms with Gasteiger partial charge in [0.05, 0.1) is 18.5 Å². The maximum Gasteiger partial charge on any atom is 0.227 e. The molecule has 1 aliphatic rings. The van der Waals surface area contributed by atoms with Gasteiger partial charge in [-0.25, -0.2) is 4.98 Å². The standard InChI is InChI=1S/C15H23N3O3/c1-20-7-8-21-14-6-5-12(10-17-14)18-15(19)13-4-2-3-11(13)9-16/h5-6,10-11,13H,2-4,7-9,16H2,1H3,(H,18,19). The van der Waals surface area contributed by atoms with E-state index in [0.29, 0.717) is 37.2 Å². The number of carbonyl (C=O) groups is 1. The summed E-state index contributed by atoms with van der Waals surface area (Å²) in [6, 6.07) is 3.53. The van der Waals surface area contributed by atoms with E-state index in [1.54, 1.807) is 25.4 Å². The molecule has 2 atom stereocenters. The molecule has 0 aromatic carbocycles. The number of pyridine rings is 1. The van der Waals surface area contributed by atoms with E-state index in [-0.39, 0.29) is 11.8 Å². The Labute approximate surface area is 125 Å². The predicted octanol–water partition coefficient (Wildman–Crippen LogP) is 1.42. The van der Waals surface area contributed by atoms with Crippen molar-refractivity contribution in [3.8, 4) is 5.88 Å². The number of carbonyl (C=O) groups excluding carboxylic acids is 1. The molecule has 1 aromatic heterocycles. The van der Waals surface area contributed by atoms with Crippen LogP contribution in [0.25, 0.3) is 0 Å². The van der Waals surface area contributed by atoms with Crippen molar-refractivity contribution in [2.75, 3.05) is 32.2 Å². The summed E-state index contributed by atoms with van der Waals surface area (Å²) in [5.41, 5.74) is 6.40. The van der Waals surface area contributed by atoms with Crippen LogP contribution in [0.15, 0.2) is 18.3 Å². The Morgan fingerprint density at radius 2 is 2.29 bits per heavy atom. The fraction of sp³-hybridized carbons (Fsp3) is 0.600. The third kappa shape index (κ3) is 4.41. The van der Waals surface area contributed by atoms with Gasteiger partial charge in [0.2, 0.25) is 11.8 Å². The summed E-state index contributed by atoms with van der Waals surface area (Å²) in [4.78, 5) is 16.4. The van der Waals surface area contributed by atoms with Crippen LogP contribution in [0.1, 0.15) is 19.3 Å². The van der Waals surface area contributed by atoms with E-state index < -0.39 is 0 Å². The van der Waals surface area contributed by atoms with E-state index in [1.165, 1.54) is 0 Å². The van der Waals surface area contributed by atoms with Gasteiger partial charge < -0.3 is 20.5 Å². The smallest absolute Gasteiger partial charge is 0.227 e. The lowest BCUT2D eigenvalue weighted by molar-refractivity contribution is -0.120. The fourth-order valence-electron chi connectivity index (χ4n) is 2.67. The molecule has 0 aliphatic heterocycles. The number of nitrogens with zero attached hydrogens (tertiary/aromatic N) is 1. The van der Waals surface area contributed by atoms with Crippen LogP contribution < -0.4 is 15.8 Å². The second-order valence-corrected chi connectivity index (χ2v) is 5.25. The molecule has 21 heavy (non-hydrogen) atoms. The van der Waals surface area contributed by atoms with Gasteiger partial charge in [-0.15, -0.1) is 0 Å². The highest BCUT2D eigenvalue weighted by molar-refractivity contribution is 5.92. The lowest BCUT2D eigenvalue weighted by atomic mass is 9.95. The quantitative estimate of drug-likeness (QED) is 0.742. The molecule has 2 unspecified atom stereocenters. The highest BCUT2D eigenvalue weighted by Gasteiger charge is 2.31. The zero-order chi connectivity index (χ0) is 15.1. The molecule has 2 rings (SSSR count). The summed E-state index contributed by atoms with van der Waals surface area (Å²) in [5.74, 6) is 0.880. The molecule has 0 spiro atoms. The Kier molecular flexibility index (Phi) is 5.95. The fourth-order valence-corrected chi connectivity index (χ4v) is 2.67. The lowest BCUT2D eigenvalue weighted by Crippen LogP contribution is -2.29. The SMILES string of the molecule is COCCOc1ccc(NC(=O)C2CCCC2CN)cn1. The summed E-state index contributed by atoms with van der Waals surface area (Å²) < 4.78 is 10.3. The summed E-state index contributed by atoms with van der Waals surface area (Å²) in [7, 11) is 1.62. The molecule has 116 valence electrons. The Morgan fingerprint density at radius 3 is 2.95 bits per heavy atom. The number of ether oxygens (including phenoxy) is 2. The van der Waals surface area contributed by atoms with Crippen LogP contribution in [0, 0.1) is 11.8 Å². The van der Waals surface area contributed by atoms with E-state index in [4.69, 9.17) is 15.2 Å². The Balaban J connectivity index is 1.86. The first-order valence-corrected chi connectivity index (χ1v) is 7.33. The molecule has 0 radical (unpaired) electrons. The van der Waals surface area contributed by atoms with Crippen molar-refractivity contribution >= 4 is 11.6 Å². The topological polar surface area (TPSA) is 86.5 Å². The van der Waals surface area contributed by atoms with E-state index in [9.17, 15) is 4.79 Å². The van der Waals surface area contributed by atoms with E-state index >= 15 is 0 Å². The minimum absolute atomic E-state index is 0.0210. The summed E-state index contributed by atoms with van der Waals surface area (Å²) >= 11 is 0. The zero-order valence-electron chi connectivity index (χ0n) is 12.4. The van der Waals surface area contributed by atoms with Gasteiger partial charge in [-0.05, 0) is 31.4 Å². The number of rotatable bonds is 7. The van der Waals surface area contributed by atoms with Crippen molar-refractivity contribution in [1.29, 1.82) is 0 Å². The van der Waals surface area contributed by atoms with Crippen molar-refractivity contribution in [3.05, 3.63) is 18.3 Å².